The van der Waals surface area contributed by atoms with Crippen LogP contribution in [0.15, 0.2) is 30.7 Å². The van der Waals surface area contributed by atoms with E-state index in [9.17, 15) is 10.1 Å². The number of nitro benzene ring substituents is 1. The van der Waals surface area contributed by atoms with E-state index in [4.69, 9.17) is 4.74 Å². The zero-order chi connectivity index (χ0) is 13.7. The molecule has 1 heterocycles. The number of anilines is 1. The molecule has 7 nitrogen and oxygen atoms in total. The van der Waals surface area contributed by atoms with Crippen molar-refractivity contribution in [2.75, 3.05) is 11.9 Å². The fraction of sp³-hybridized carbons (Fsp3) is 0.250. The smallest absolute Gasteiger partial charge is 0.333 e. The quantitative estimate of drug-likeness (QED) is 0.615. The van der Waals surface area contributed by atoms with Crippen molar-refractivity contribution >= 4 is 11.4 Å². The number of aromatic amines is 1. The molecule has 2 N–H and O–H groups in total. The fourth-order valence-electron chi connectivity index (χ4n) is 1.70. The molecule has 100 valence electrons. The van der Waals surface area contributed by atoms with Crippen molar-refractivity contribution < 1.29 is 9.66 Å². The van der Waals surface area contributed by atoms with E-state index < -0.39 is 4.92 Å². The van der Waals surface area contributed by atoms with Gasteiger partial charge in [-0.1, -0.05) is 6.07 Å². The topological polar surface area (TPSA) is 93.1 Å². The van der Waals surface area contributed by atoms with Crippen molar-refractivity contribution in [1.82, 2.24) is 9.97 Å². The van der Waals surface area contributed by atoms with Crippen LogP contribution in [0.1, 0.15) is 12.6 Å². The number of hydrogen-bond acceptors (Lipinski definition) is 5. The van der Waals surface area contributed by atoms with Gasteiger partial charge in [-0.05, 0) is 19.1 Å². The molecule has 0 saturated heterocycles. The zero-order valence-electron chi connectivity index (χ0n) is 10.4. The predicted molar refractivity (Wildman–Crippen MR) is 70.2 cm³/mol. The third-order valence-electron chi connectivity index (χ3n) is 2.51. The lowest BCUT2D eigenvalue weighted by Crippen LogP contribution is -2.05. The van der Waals surface area contributed by atoms with Gasteiger partial charge in [-0.2, -0.15) is 0 Å². The van der Waals surface area contributed by atoms with Crippen LogP contribution < -0.4 is 10.1 Å². The van der Waals surface area contributed by atoms with Gasteiger partial charge in [-0.25, -0.2) is 4.98 Å². The standard InChI is InChI=1S/C12H14N4O3/c1-2-19-11-5-3-4-10(12(11)16(17)18)14-7-9-6-13-8-15-9/h3-6,8,14H,2,7H2,1H3,(H,13,15). The Labute approximate surface area is 109 Å². The molecule has 0 fully saturated rings. The van der Waals surface area contributed by atoms with Crippen molar-refractivity contribution in [2.24, 2.45) is 0 Å². The molecule has 0 aliphatic heterocycles. The highest BCUT2D eigenvalue weighted by atomic mass is 16.6. The second-order valence-corrected chi connectivity index (χ2v) is 3.77. The summed E-state index contributed by atoms with van der Waals surface area (Å²) in [6.07, 6.45) is 3.22. The summed E-state index contributed by atoms with van der Waals surface area (Å²) in [6.45, 7) is 2.59. The molecule has 0 saturated carbocycles. The lowest BCUT2D eigenvalue weighted by Gasteiger charge is -2.09. The van der Waals surface area contributed by atoms with E-state index >= 15 is 0 Å². The van der Waals surface area contributed by atoms with Crippen LogP contribution in [0.5, 0.6) is 5.75 Å². The van der Waals surface area contributed by atoms with Gasteiger partial charge in [0.1, 0.15) is 5.69 Å². The third-order valence-corrected chi connectivity index (χ3v) is 2.51. The maximum absolute atomic E-state index is 11.1. The minimum atomic E-state index is -0.444. The Morgan fingerprint density at radius 2 is 2.37 bits per heavy atom. The van der Waals surface area contributed by atoms with Crippen LogP contribution >= 0.6 is 0 Å². The Bertz CT molecular complexity index is 554. The Balaban J connectivity index is 2.23. The van der Waals surface area contributed by atoms with Gasteiger partial charge in [0.25, 0.3) is 0 Å². The Morgan fingerprint density at radius 1 is 1.53 bits per heavy atom. The van der Waals surface area contributed by atoms with Crippen molar-refractivity contribution in [3.05, 3.63) is 46.5 Å². The van der Waals surface area contributed by atoms with Gasteiger partial charge in [0.15, 0.2) is 5.75 Å². The van der Waals surface area contributed by atoms with E-state index in [0.29, 0.717) is 18.8 Å². The number of nitro groups is 1. The van der Waals surface area contributed by atoms with Crippen molar-refractivity contribution in [1.29, 1.82) is 0 Å². The van der Waals surface area contributed by atoms with Gasteiger partial charge < -0.3 is 15.0 Å². The molecule has 1 aromatic carbocycles. The van der Waals surface area contributed by atoms with E-state index in [-0.39, 0.29) is 11.4 Å². The maximum Gasteiger partial charge on any atom is 0.333 e. The highest BCUT2D eigenvalue weighted by Gasteiger charge is 2.20. The first-order valence-electron chi connectivity index (χ1n) is 5.83. The molecule has 0 bridgehead atoms. The van der Waals surface area contributed by atoms with Gasteiger partial charge in [0.05, 0.1) is 30.1 Å². The first-order chi connectivity index (χ1) is 9.22. The summed E-state index contributed by atoms with van der Waals surface area (Å²) in [5.41, 5.74) is 1.21. The van der Waals surface area contributed by atoms with Gasteiger partial charge in [0, 0.05) is 6.20 Å². The van der Waals surface area contributed by atoms with Gasteiger partial charge in [-0.15, -0.1) is 0 Å². The summed E-state index contributed by atoms with van der Waals surface area (Å²) in [4.78, 5) is 17.5. The monoisotopic (exact) mass is 262 g/mol. The second kappa shape index (κ2) is 5.85. The molecule has 7 heteroatoms. The van der Waals surface area contributed by atoms with Crippen LogP contribution in [0.2, 0.25) is 0 Å². The first-order valence-corrected chi connectivity index (χ1v) is 5.83. The maximum atomic E-state index is 11.1. The zero-order valence-corrected chi connectivity index (χ0v) is 10.4. The number of imidazole rings is 1. The molecule has 0 spiro atoms. The fourth-order valence-corrected chi connectivity index (χ4v) is 1.70. The van der Waals surface area contributed by atoms with Crippen LogP contribution in [0.4, 0.5) is 11.4 Å². The van der Waals surface area contributed by atoms with Gasteiger partial charge >= 0.3 is 5.69 Å². The summed E-state index contributed by atoms with van der Waals surface area (Å²) in [6, 6.07) is 4.95. The number of aromatic nitrogens is 2. The van der Waals surface area contributed by atoms with Crippen molar-refractivity contribution in [3.8, 4) is 5.75 Å². The molecule has 0 aliphatic carbocycles. The Kier molecular flexibility index (Phi) is 3.97. The van der Waals surface area contributed by atoms with Crippen LogP contribution in [-0.4, -0.2) is 21.5 Å². The van der Waals surface area contributed by atoms with E-state index in [0.717, 1.165) is 5.69 Å². The number of ether oxygens (including phenoxy) is 1. The van der Waals surface area contributed by atoms with E-state index in [1.807, 2.05) is 0 Å². The number of nitrogens with one attached hydrogen (secondary N) is 2. The van der Waals surface area contributed by atoms with Gasteiger partial charge in [-0.3, -0.25) is 10.1 Å². The molecule has 19 heavy (non-hydrogen) atoms. The summed E-state index contributed by atoms with van der Waals surface area (Å²) >= 11 is 0. The third kappa shape index (κ3) is 3.01. The average molecular weight is 262 g/mol. The van der Waals surface area contributed by atoms with Crippen molar-refractivity contribution in [3.63, 3.8) is 0 Å². The van der Waals surface area contributed by atoms with E-state index in [1.165, 1.54) is 0 Å². The largest absolute Gasteiger partial charge is 0.487 e. The minimum absolute atomic E-state index is 0.0520. The summed E-state index contributed by atoms with van der Waals surface area (Å²) < 4.78 is 5.27. The highest BCUT2D eigenvalue weighted by Crippen LogP contribution is 2.34. The molecular weight excluding hydrogens is 248 g/mol. The lowest BCUT2D eigenvalue weighted by atomic mass is 10.2. The normalized spacial score (nSPS) is 10.2. The summed E-state index contributed by atoms with van der Waals surface area (Å²) in [7, 11) is 0. The summed E-state index contributed by atoms with van der Waals surface area (Å²) in [5.74, 6) is 0.266. The number of para-hydroxylation sites is 1. The molecule has 2 aromatic rings. The Morgan fingerprint density at radius 3 is 3.00 bits per heavy atom. The number of hydrogen-bond donors (Lipinski definition) is 2. The second-order valence-electron chi connectivity index (χ2n) is 3.77. The van der Waals surface area contributed by atoms with Crippen LogP contribution in [0.25, 0.3) is 0 Å². The lowest BCUT2D eigenvalue weighted by molar-refractivity contribution is -0.384. The molecule has 1 aromatic heterocycles. The van der Waals surface area contributed by atoms with Crippen LogP contribution in [-0.2, 0) is 6.54 Å². The molecule has 0 unspecified atom stereocenters. The minimum Gasteiger partial charge on any atom is -0.487 e. The first kappa shape index (κ1) is 12.9. The van der Waals surface area contributed by atoms with E-state index in [1.54, 1.807) is 37.6 Å². The molecule has 0 aliphatic rings. The van der Waals surface area contributed by atoms with Crippen molar-refractivity contribution in [2.45, 2.75) is 13.5 Å². The van der Waals surface area contributed by atoms with Crippen LogP contribution in [0.3, 0.4) is 0 Å². The van der Waals surface area contributed by atoms with E-state index in [2.05, 4.69) is 15.3 Å². The number of H-pyrrole nitrogens is 1. The molecule has 0 amide bonds. The average Bonchev–Trinajstić information content (AvgIpc) is 2.89. The predicted octanol–water partition coefficient (Wildman–Crippen LogP) is 2.33. The molecule has 0 atom stereocenters. The highest BCUT2D eigenvalue weighted by molar-refractivity contribution is 5.68. The van der Waals surface area contributed by atoms with Gasteiger partial charge in [0.2, 0.25) is 0 Å². The molecule has 2 rings (SSSR count). The van der Waals surface area contributed by atoms with Crippen LogP contribution in [0, 0.1) is 10.1 Å². The SMILES string of the molecule is CCOc1cccc(NCc2cnc[nH]2)c1[N+](=O)[O-]. The number of nitrogens with zero attached hydrogens (tertiary/aromatic N) is 2. The Hall–Kier alpha value is -2.57. The number of benzene rings is 1. The molecule has 0 radical (unpaired) electrons. The molecular formula is C12H14N4O3. The number of rotatable bonds is 6. The summed E-state index contributed by atoms with van der Waals surface area (Å²) in [5, 5.41) is 14.1.